The van der Waals surface area contributed by atoms with E-state index < -0.39 is 5.97 Å². The molecule has 0 aromatic heterocycles. The van der Waals surface area contributed by atoms with Gasteiger partial charge in [-0.05, 0) is 5.56 Å². The third-order valence-electron chi connectivity index (χ3n) is 1.01. The van der Waals surface area contributed by atoms with Crippen molar-refractivity contribution in [3.63, 3.8) is 0 Å². The van der Waals surface area contributed by atoms with Gasteiger partial charge >= 0.3 is 0 Å². The first-order valence-corrected chi connectivity index (χ1v) is 2.57. The summed E-state index contributed by atoms with van der Waals surface area (Å²) in [6.07, 6.45) is 0. The predicted octanol–water partition coefficient (Wildman–Crippen LogP) is -2.95. The molecule has 0 amide bonds. The standard InChI is InChI=1S/C7H6O2.Er.FH/c8-7(9)6-4-2-1-3-5-6;;/h1-5H,(H,8,9);;1H/p-2. The zero-order valence-electron chi connectivity index (χ0n) is 5.37. The van der Waals surface area contributed by atoms with Gasteiger partial charge in [0.05, 0.1) is 5.97 Å². The van der Waals surface area contributed by atoms with Gasteiger partial charge in [0.25, 0.3) is 0 Å². The van der Waals surface area contributed by atoms with Gasteiger partial charge in [0.2, 0.25) is 0 Å². The van der Waals surface area contributed by atoms with Crippen molar-refractivity contribution in [1.29, 1.82) is 0 Å². The van der Waals surface area contributed by atoms with Crippen LogP contribution in [0.2, 0.25) is 0 Å². The van der Waals surface area contributed by atoms with Gasteiger partial charge in [0.1, 0.15) is 0 Å². The van der Waals surface area contributed by atoms with Gasteiger partial charge in [0, 0.05) is 37.3 Å². The Morgan fingerprint density at radius 3 is 1.91 bits per heavy atom. The molecule has 0 aliphatic rings. The van der Waals surface area contributed by atoms with E-state index in [0.717, 1.165) is 0 Å². The molecule has 11 heavy (non-hydrogen) atoms. The van der Waals surface area contributed by atoms with E-state index in [-0.39, 0.29) is 47.6 Å². The molecule has 0 heterocycles. The molecule has 0 atom stereocenters. The fourth-order valence-corrected chi connectivity index (χ4v) is 0.574. The van der Waals surface area contributed by atoms with Crippen LogP contribution in [-0.2, 0) is 0 Å². The number of carbonyl (C=O) groups is 1. The van der Waals surface area contributed by atoms with Crippen LogP contribution in [0.4, 0.5) is 0 Å². The number of carbonyl (C=O) groups excluding carboxylic acids is 1. The Labute approximate surface area is 93.2 Å². The Morgan fingerprint density at radius 2 is 1.64 bits per heavy atom. The maximum atomic E-state index is 10.1. The molecule has 0 fully saturated rings. The van der Waals surface area contributed by atoms with Crippen molar-refractivity contribution >= 4 is 5.97 Å². The first-order chi connectivity index (χ1) is 4.30. The number of aromatic carboxylic acids is 1. The van der Waals surface area contributed by atoms with Gasteiger partial charge in [-0.1, -0.05) is 30.3 Å². The minimum Gasteiger partial charge on any atom is -1.00 e. The molecule has 0 aliphatic carbocycles. The van der Waals surface area contributed by atoms with Gasteiger partial charge in [-0.25, -0.2) is 0 Å². The minimum absolute atomic E-state index is 0. The second kappa shape index (κ2) is 6.57. The Morgan fingerprint density at radius 1 is 1.18 bits per heavy atom. The number of carboxylic acids is 1. The third-order valence-corrected chi connectivity index (χ3v) is 1.01. The molecule has 0 saturated heterocycles. The maximum Gasteiger partial charge on any atom is 0.0715 e. The normalized spacial score (nSPS) is 7.27. The average molecular weight is 307 g/mol. The number of hydrogen-bond acceptors (Lipinski definition) is 2. The second-order valence-electron chi connectivity index (χ2n) is 1.65. The topological polar surface area (TPSA) is 40.1 Å². The summed E-state index contributed by atoms with van der Waals surface area (Å²) < 4.78 is 0. The van der Waals surface area contributed by atoms with E-state index in [2.05, 4.69) is 0 Å². The van der Waals surface area contributed by atoms with Crippen LogP contribution in [-0.4, -0.2) is 5.97 Å². The van der Waals surface area contributed by atoms with Crippen LogP contribution in [0.15, 0.2) is 30.3 Å². The summed E-state index contributed by atoms with van der Waals surface area (Å²) in [5.41, 5.74) is 0.220. The van der Waals surface area contributed by atoms with Gasteiger partial charge in [-0.3, -0.25) is 0 Å². The molecule has 0 saturated carbocycles. The summed E-state index contributed by atoms with van der Waals surface area (Å²) in [7, 11) is 0. The fourth-order valence-electron chi connectivity index (χ4n) is 0.574. The molecule has 1 rings (SSSR count). The maximum absolute atomic E-state index is 10.1. The molecule has 4 heteroatoms. The third kappa shape index (κ3) is 4.34. The summed E-state index contributed by atoms with van der Waals surface area (Å²) in [6, 6.07) is 8.06. The number of carboxylic acid groups (broad SMARTS) is 1. The Balaban J connectivity index is 0. The molecule has 0 bridgehead atoms. The number of rotatable bonds is 1. The van der Waals surface area contributed by atoms with Crippen LogP contribution in [0.1, 0.15) is 10.4 Å². The van der Waals surface area contributed by atoms with Crippen molar-refractivity contribution in [3.8, 4) is 0 Å². The predicted molar refractivity (Wildman–Crippen MR) is 30.8 cm³/mol. The van der Waals surface area contributed by atoms with Crippen LogP contribution in [0.3, 0.4) is 0 Å². The Bertz CT molecular complexity index is 213. The molecule has 0 N–H and O–H groups in total. The van der Waals surface area contributed by atoms with Crippen molar-refractivity contribution < 1.29 is 51.9 Å². The molecule has 0 spiro atoms. The molecule has 1 aromatic rings. The van der Waals surface area contributed by atoms with Crippen molar-refractivity contribution in [3.05, 3.63) is 35.9 Å². The largest absolute Gasteiger partial charge is 1.00 e. The Hall–Kier alpha value is -0.133. The summed E-state index contributed by atoms with van der Waals surface area (Å²) in [6.45, 7) is 0. The van der Waals surface area contributed by atoms with Crippen LogP contribution in [0.5, 0.6) is 0 Å². The van der Waals surface area contributed by atoms with E-state index in [1.165, 1.54) is 12.1 Å². The summed E-state index contributed by atoms with van der Waals surface area (Å²) >= 11 is 0. The molecule has 1 aromatic carbocycles. The fraction of sp³-hybridized carbons (Fsp3) is 0. The molecular weight excluding hydrogens is 302 g/mol. The number of hydrogen-bond donors (Lipinski definition) is 0. The van der Waals surface area contributed by atoms with Crippen molar-refractivity contribution in [2.45, 2.75) is 0 Å². The number of halogens is 1. The SMILES string of the molecule is O=C([O-])c1ccccc1.[Er].[F-]. The zero-order valence-corrected chi connectivity index (χ0v) is 7.22. The molecule has 66 valence electrons. The van der Waals surface area contributed by atoms with Gasteiger partial charge in [0.15, 0.2) is 0 Å². The molecular formula is C7H5ErFO2-2. The van der Waals surface area contributed by atoms with E-state index in [9.17, 15) is 9.90 Å². The number of benzene rings is 1. The molecule has 0 radical (unpaired) electrons. The second-order valence-corrected chi connectivity index (χ2v) is 1.65. The molecule has 0 aliphatic heterocycles. The van der Waals surface area contributed by atoms with Gasteiger partial charge < -0.3 is 14.6 Å². The van der Waals surface area contributed by atoms with Gasteiger partial charge in [-0.15, -0.1) is 0 Å². The van der Waals surface area contributed by atoms with E-state index in [4.69, 9.17) is 0 Å². The molecule has 2 nitrogen and oxygen atoms in total. The molecule has 0 unspecified atom stereocenters. The summed E-state index contributed by atoms with van der Waals surface area (Å²) in [5.74, 6) is -1.13. The average Bonchev–Trinajstić information content (AvgIpc) is 1.90. The van der Waals surface area contributed by atoms with E-state index in [1.807, 2.05) is 0 Å². The smallest absolute Gasteiger partial charge is 0.0715 e. The van der Waals surface area contributed by atoms with E-state index >= 15 is 0 Å². The monoisotopic (exact) mass is 306 g/mol. The van der Waals surface area contributed by atoms with Crippen LogP contribution in [0.25, 0.3) is 0 Å². The minimum atomic E-state index is -1.13. The van der Waals surface area contributed by atoms with E-state index in [0.29, 0.717) is 0 Å². The summed E-state index contributed by atoms with van der Waals surface area (Å²) in [4.78, 5) is 10.1. The van der Waals surface area contributed by atoms with Crippen molar-refractivity contribution in [2.24, 2.45) is 0 Å². The first-order valence-electron chi connectivity index (χ1n) is 2.57. The van der Waals surface area contributed by atoms with Crippen LogP contribution >= 0.6 is 0 Å². The Kier molecular flexibility index (Phi) is 8.04. The first kappa shape index (κ1) is 13.5. The quantitative estimate of drug-likeness (QED) is 0.557. The van der Waals surface area contributed by atoms with Crippen molar-refractivity contribution in [1.82, 2.24) is 0 Å². The zero-order chi connectivity index (χ0) is 6.69. The van der Waals surface area contributed by atoms with Crippen molar-refractivity contribution in [2.75, 3.05) is 0 Å². The van der Waals surface area contributed by atoms with Crippen LogP contribution < -0.4 is 9.81 Å². The van der Waals surface area contributed by atoms with E-state index in [1.54, 1.807) is 18.2 Å². The summed E-state index contributed by atoms with van der Waals surface area (Å²) in [5, 5.41) is 10.1. The van der Waals surface area contributed by atoms with Gasteiger partial charge in [-0.2, -0.15) is 0 Å². The van der Waals surface area contributed by atoms with Crippen LogP contribution in [0, 0.1) is 37.3 Å².